The van der Waals surface area contributed by atoms with Gasteiger partial charge in [-0.05, 0) is 43.5 Å². The third-order valence-corrected chi connectivity index (χ3v) is 3.60. The molecule has 0 amide bonds. The molecule has 1 aliphatic heterocycles. The Hall–Kier alpha value is -0.780. The summed E-state index contributed by atoms with van der Waals surface area (Å²) in [5.74, 6) is 0.472. The smallest absolute Gasteiger partial charge is 0.330 e. The van der Waals surface area contributed by atoms with Crippen LogP contribution in [0.25, 0.3) is 0 Å². The zero-order valence-corrected chi connectivity index (χ0v) is 12.0. The highest BCUT2D eigenvalue weighted by Gasteiger charge is 2.30. The Bertz CT molecular complexity index is 423. The molecule has 1 heterocycles. The molecule has 6 heteroatoms. The third kappa shape index (κ3) is 4.65. The van der Waals surface area contributed by atoms with E-state index in [4.69, 9.17) is 5.73 Å². The van der Waals surface area contributed by atoms with Gasteiger partial charge >= 0.3 is 6.18 Å². The Morgan fingerprint density at radius 1 is 1.30 bits per heavy atom. The van der Waals surface area contributed by atoms with Crippen molar-refractivity contribution in [3.8, 4) is 0 Å². The highest BCUT2D eigenvalue weighted by atomic mass is 35.5. The fraction of sp³-hybridized carbons (Fsp3) is 0.571. The average molecular weight is 309 g/mol. The normalized spacial score (nSPS) is 20.5. The SMILES string of the molecule is Cl.NCC1CCCN(Cc2cccc(C(F)(F)F)c2)C1. The van der Waals surface area contributed by atoms with Crippen LogP contribution >= 0.6 is 12.4 Å². The molecule has 0 saturated carbocycles. The number of nitrogens with zero attached hydrogens (tertiary/aromatic N) is 1. The molecule has 114 valence electrons. The van der Waals surface area contributed by atoms with Crippen molar-refractivity contribution in [2.24, 2.45) is 11.7 Å². The number of alkyl halides is 3. The molecular weight excluding hydrogens is 289 g/mol. The predicted molar refractivity (Wildman–Crippen MR) is 75.7 cm³/mol. The highest BCUT2D eigenvalue weighted by molar-refractivity contribution is 5.85. The number of nitrogens with two attached hydrogens (primary N) is 1. The van der Waals surface area contributed by atoms with Crippen molar-refractivity contribution in [3.63, 3.8) is 0 Å². The van der Waals surface area contributed by atoms with Crippen LogP contribution in [0.4, 0.5) is 13.2 Å². The number of likely N-dealkylation sites (tertiary alicyclic amines) is 1. The molecule has 2 rings (SSSR count). The lowest BCUT2D eigenvalue weighted by Gasteiger charge is -2.32. The van der Waals surface area contributed by atoms with Crippen molar-refractivity contribution in [1.82, 2.24) is 4.90 Å². The number of hydrogen-bond donors (Lipinski definition) is 1. The van der Waals surface area contributed by atoms with Gasteiger partial charge in [0.15, 0.2) is 0 Å². The largest absolute Gasteiger partial charge is 0.416 e. The molecule has 1 atom stereocenters. The summed E-state index contributed by atoms with van der Waals surface area (Å²) in [6.07, 6.45) is -2.08. The fourth-order valence-corrected chi connectivity index (χ4v) is 2.59. The van der Waals surface area contributed by atoms with Crippen molar-refractivity contribution in [1.29, 1.82) is 0 Å². The van der Waals surface area contributed by atoms with Crippen LogP contribution in [-0.2, 0) is 12.7 Å². The molecule has 1 saturated heterocycles. The second kappa shape index (κ2) is 7.29. The maximum atomic E-state index is 12.6. The van der Waals surface area contributed by atoms with Gasteiger partial charge in [-0.15, -0.1) is 12.4 Å². The summed E-state index contributed by atoms with van der Waals surface area (Å²) in [7, 11) is 0. The Balaban J connectivity index is 0.00000200. The molecule has 1 unspecified atom stereocenters. The van der Waals surface area contributed by atoms with Crippen LogP contribution in [0.3, 0.4) is 0 Å². The first kappa shape index (κ1) is 17.3. The lowest BCUT2D eigenvalue weighted by atomic mass is 9.97. The summed E-state index contributed by atoms with van der Waals surface area (Å²) in [6.45, 7) is 3.04. The Labute approximate surface area is 123 Å². The van der Waals surface area contributed by atoms with E-state index in [2.05, 4.69) is 4.90 Å². The predicted octanol–water partition coefficient (Wildman–Crippen LogP) is 3.30. The number of piperidine rings is 1. The van der Waals surface area contributed by atoms with E-state index in [1.807, 2.05) is 0 Å². The van der Waals surface area contributed by atoms with E-state index in [0.717, 1.165) is 32.0 Å². The van der Waals surface area contributed by atoms with Gasteiger partial charge in [-0.1, -0.05) is 18.2 Å². The molecule has 1 aliphatic rings. The summed E-state index contributed by atoms with van der Waals surface area (Å²) < 4.78 is 37.9. The van der Waals surface area contributed by atoms with Crippen molar-refractivity contribution < 1.29 is 13.2 Å². The van der Waals surface area contributed by atoms with Crippen molar-refractivity contribution in [2.45, 2.75) is 25.6 Å². The molecule has 0 aromatic heterocycles. The standard InChI is InChI=1S/C14H19F3N2.ClH/c15-14(16,17)13-5-1-3-11(7-13)9-19-6-2-4-12(8-18)10-19;/h1,3,5,7,12H,2,4,6,8-10,18H2;1H. The summed E-state index contributed by atoms with van der Waals surface area (Å²) in [4.78, 5) is 2.19. The van der Waals surface area contributed by atoms with Gasteiger partial charge in [0.1, 0.15) is 0 Å². The quantitative estimate of drug-likeness (QED) is 0.928. The van der Waals surface area contributed by atoms with Crippen LogP contribution < -0.4 is 5.73 Å². The molecule has 2 N–H and O–H groups in total. The molecule has 0 spiro atoms. The Morgan fingerprint density at radius 2 is 2.05 bits per heavy atom. The first-order valence-electron chi connectivity index (χ1n) is 6.57. The third-order valence-electron chi connectivity index (χ3n) is 3.60. The van der Waals surface area contributed by atoms with Crippen LogP contribution in [0.15, 0.2) is 24.3 Å². The average Bonchev–Trinajstić information content (AvgIpc) is 2.38. The minimum Gasteiger partial charge on any atom is -0.330 e. The van der Waals surface area contributed by atoms with Gasteiger partial charge in [-0.3, -0.25) is 4.90 Å². The Kier molecular flexibility index (Phi) is 6.30. The second-order valence-electron chi connectivity index (χ2n) is 5.18. The van der Waals surface area contributed by atoms with Gasteiger partial charge in [0.05, 0.1) is 5.56 Å². The van der Waals surface area contributed by atoms with E-state index >= 15 is 0 Å². The summed E-state index contributed by atoms with van der Waals surface area (Å²) in [6, 6.07) is 5.58. The van der Waals surface area contributed by atoms with E-state index in [-0.39, 0.29) is 12.4 Å². The van der Waals surface area contributed by atoms with Crippen LogP contribution in [-0.4, -0.2) is 24.5 Å². The van der Waals surface area contributed by atoms with E-state index < -0.39 is 11.7 Å². The maximum absolute atomic E-state index is 12.6. The van der Waals surface area contributed by atoms with Crippen LogP contribution in [0.1, 0.15) is 24.0 Å². The molecule has 1 aromatic rings. The van der Waals surface area contributed by atoms with Gasteiger partial charge < -0.3 is 5.73 Å². The molecule has 1 aromatic carbocycles. The first-order chi connectivity index (χ1) is 8.99. The summed E-state index contributed by atoms with van der Waals surface area (Å²) in [5.41, 5.74) is 5.81. The van der Waals surface area contributed by atoms with Crippen LogP contribution in [0, 0.1) is 5.92 Å². The first-order valence-corrected chi connectivity index (χ1v) is 6.57. The lowest BCUT2D eigenvalue weighted by Crippen LogP contribution is -2.37. The van der Waals surface area contributed by atoms with Crippen molar-refractivity contribution in [3.05, 3.63) is 35.4 Å². The molecule has 0 radical (unpaired) electrons. The zero-order valence-electron chi connectivity index (χ0n) is 11.2. The second-order valence-corrected chi connectivity index (χ2v) is 5.18. The monoisotopic (exact) mass is 308 g/mol. The Morgan fingerprint density at radius 3 is 2.70 bits per heavy atom. The van der Waals surface area contributed by atoms with Crippen molar-refractivity contribution in [2.75, 3.05) is 19.6 Å². The fourth-order valence-electron chi connectivity index (χ4n) is 2.59. The van der Waals surface area contributed by atoms with Crippen molar-refractivity contribution >= 4 is 12.4 Å². The summed E-state index contributed by atoms with van der Waals surface area (Å²) >= 11 is 0. The minimum absolute atomic E-state index is 0. The van der Waals surface area contributed by atoms with Gasteiger partial charge in [0, 0.05) is 13.1 Å². The highest BCUT2D eigenvalue weighted by Crippen LogP contribution is 2.30. The summed E-state index contributed by atoms with van der Waals surface area (Å²) in [5, 5.41) is 0. The molecule has 2 nitrogen and oxygen atoms in total. The maximum Gasteiger partial charge on any atom is 0.416 e. The zero-order chi connectivity index (χ0) is 13.9. The van der Waals surface area contributed by atoms with Gasteiger partial charge in [0.25, 0.3) is 0 Å². The lowest BCUT2D eigenvalue weighted by molar-refractivity contribution is -0.137. The molecule has 20 heavy (non-hydrogen) atoms. The molecule has 1 fully saturated rings. The van der Waals surface area contributed by atoms with Gasteiger partial charge in [-0.2, -0.15) is 13.2 Å². The van der Waals surface area contributed by atoms with E-state index in [0.29, 0.717) is 24.6 Å². The molecule has 0 aliphatic carbocycles. The topological polar surface area (TPSA) is 29.3 Å². The van der Waals surface area contributed by atoms with Crippen LogP contribution in [0.5, 0.6) is 0 Å². The van der Waals surface area contributed by atoms with E-state index in [1.165, 1.54) is 12.1 Å². The molecular formula is C14H20ClF3N2. The van der Waals surface area contributed by atoms with Crippen LogP contribution in [0.2, 0.25) is 0 Å². The molecule has 0 bridgehead atoms. The van der Waals surface area contributed by atoms with E-state index in [1.54, 1.807) is 6.07 Å². The van der Waals surface area contributed by atoms with E-state index in [9.17, 15) is 13.2 Å². The minimum atomic E-state index is -4.27. The van der Waals surface area contributed by atoms with Gasteiger partial charge in [-0.25, -0.2) is 0 Å². The number of benzene rings is 1. The van der Waals surface area contributed by atoms with Gasteiger partial charge in [0.2, 0.25) is 0 Å². The number of halogens is 4. The number of rotatable bonds is 3. The number of hydrogen-bond acceptors (Lipinski definition) is 2.